The Kier molecular flexibility index (Phi) is 62.1. The van der Waals surface area contributed by atoms with Gasteiger partial charge in [0, 0.05) is 12.8 Å². The van der Waals surface area contributed by atoms with Crippen LogP contribution in [0.3, 0.4) is 0 Å². The second kappa shape index (κ2) is 64.4. The minimum Gasteiger partial charge on any atom is -0.462 e. The molecule has 1 N–H and O–H groups in total. The molecule has 0 aromatic carbocycles. The van der Waals surface area contributed by atoms with Gasteiger partial charge in [-0.15, -0.1) is 0 Å². The Morgan fingerprint density at radius 1 is 0.381 bits per heavy atom. The van der Waals surface area contributed by atoms with Crippen LogP contribution in [0.2, 0.25) is 0 Å². The number of unbranched alkanes of at least 4 members (excludes halogenated alkanes) is 34. The Morgan fingerprint density at radius 3 is 1.01 bits per heavy atom. The first-order valence-corrected chi connectivity index (χ1v) is 36.5. The molecule has 0 bridgehead atoms. The van der Waals surface area contributed by atoms with Crippen molar-refractivity contribution >= 4 is 19.8 Å². The zero-order valence-corrected chi connectivity index (χ0v) is 56.3. The van der Waals surface area contributed by atoms with Gasteiger partial charge < -0.3 is 18.9 Å². The van der Waals surface area contributed by atoms with Crippen LogP contribution in [0.15, 0.2) is 97.2 Å². The number of phosphoric ester groups is 1. The topological polar surface area (TPSA) is 108 Å². The molecule has 0 amide bonds. The maximum Gasteiger partial charge on any atom is 0.472 e. The number of ether oxygens (including phenoxy) is 2. The van der Waals surface area contributed by atoms with Gasteiger partial charge in [-0.05, 0) is 77.0 Å². The molecule has 486 valence electrons. The summed E-state index contributed by atoms with van der Waals surface area (Å²) in [7, 11) is 1.47. The summed E-state index contributed by atoms with van der Waals surface area (Å²) in [6.45, 7) is 4.35. The molecule has 0 fully saturated rings. The van der Waals surface area contributed by atoms with E-state index in [4.69, 9.17) is 18.5 Å². The van der Waals surface area contributed by atoms with E-state index >= 15 is 0 Å². The lowest BCUT2D eigenvalue weighted by Gasteiger charge is -2.24. The summed E-state index contributed by atoms with van der Waals surface area (Å²) in [6.07, 6.45) is 89.4. The predicted octanol–water partition coefficient (Wildman–Crippen LogP) is 22.7. The van der Waals surface area contributed by atoms with E-state index in [1.54, 1.807) is 0 Å². The highest BCUT2D eigenvalue weighted by Gasteiger charge is 2.27. The van der Waals surface area contributed by atoms with E-state index in [0.717, 1.165) is 96.3 Å². The standard InChI is InChI=1S/C74H132NO8P/c1-6-8-10-12-14-16-18-20-22-24-26-28-30-32-34-35-36-37-38-39-41-43-45-47-49-51-53-55-57-59-61-63-65-67-74(77)83-72(71-82-84(78,79)81-69-68-75(3,4)5)70-80-73(76)66-64-62-60-58-56-54-52-50-48-46-44-42-40-33-31-29-27-25-23-21-19-17-15-13-11-9-7-2/h8,10,14,16,20,22,26,28,32,34,36-37,39,41,45,47,72H,6-7,9,11-13,15,17-19,21,23-25,27,29-31,33,35,38,40,42-44,46,48-71H2,1-5H3/p+1/b10-8-,16-14-,22-20-,28-26-,34-32-,37-36-,41-39-,47-45-. The second-order valence-corrected chi connectivity index (χ2v) is 26.0. The molecule has 0 aromatic rings. The third kappa shape index (κ3) is 68.0. The van der Waals surface area contributed by atoms with E-state index in [9.17, 15) is 19.0 Å². The SMILES string of the molecule is CC/C=C\C/C=C\C/C=C\C/C=C\C/C=C\C/C=C\C/C=C\C/C=C\CCCCCCCCCCC(=O)OC(COC(=O)CCCCCCCCCCCCCCCCCCCCCCCCCCCCC)COP(=O)(O)OCC[N+](C)(C)C. The lowest BCUT2D eigenvalue weighted by molar-refractivity contribution is -0.870. The predicted molar refractivity (Wildman–Crippen MR) is 362 cm³/mol. The number of carbonyl (C=O) groups excluding carboxylic acids is 2. The Hall–Kier alpha value is -3.07. The molecule has 0 spiro atoms. The molecule has 0 heterocycles. The van der Waals surface area contributed by atoms with Crippen molar-refractivity contribution in [3.05, 3.63) is 97.2 Å². The smallest absolute Gasteiger partial charge is 0.462 e. The minimum absolute atomic E-state index is 0.0272. The number of hydrogen-bond acceptors (Lipinski definition) is 7. The van der Waals surface area contributed by atoms with Gasteiger partial charge in [-0.2, -0.15) is 0 Å². The van der Waals surface area contributed by atoms with E-state index in [-0.39, 0.29) is 32.0 Å². The summed E-state index contributed by atoms with van der Waals surface area (Å²) in [5, 5.41) is 0. The van der Waals surface area contributed by atoms with Gasteiger partial charge in [0.25, 0.3) is 0 Å². The van der Waals surface area contributed by atoms with Gasteiger partial charge in [0.2, 0.25) is 0 Å². The largest absolute Gasteiger partial charge is 0.472 e. The lowest BCUT2D eigenvalue weighted by Crippen LogP contribution is -2.37. The molecule has 84 heavy (non-hydrogen) atoms. The van der Waals surface area contributed by atoms with E-state index in [1.807, 2.05) is 21.1 Å². The van der Waals surface area contributed by atoms with Crippen LogP contribution in [0.1, 0.15) is 309 Å². The average molecular weight is 1200 g/mol. The van der Waals surface area contributed by atoms with Crippen LogP contribution in [0, 0.1) is 0 Å². The molecule has 0 aliphatic rings. The summed E-state index contributed by atoms with van der Waals surface area (Å²) in [5.74, 6) is -0.799. The summed E-state index contributed by atoms with van der Waals surface area (Å²) in [4.78, 5) is 35.9. The van der Waals surface area contributed by atoms with Crippen LogP contribution < -0.4 is 0 Å². The zero-order chi connectivity index (χ0) is 61.2. The highest BCUT2D eigenvalue weighted by atomic mass is 31.2. The second-order valence-electron chi connectivity index (χ2n) is 24.5. The fraction of sp³-hybridized carbons (Fsp3) is 0.757. The molecular weight excluding hydrogens is 1060 g/mol. The van der Waals surface area contributed by atoms with Crippen molar-refractivity contribution in [2.24, 2.45) is 0 Å². The molecular formula is C74H133NO8P+. The molecule has 0 aliphatic carbocycles. The van der Waals surface area contributed by atoms with Crippen molar-refractivity contribution in [1.29, 1.82) is 0 Å². The van der Waals surface area contributed by atoms with Gasteiger partial charge in [-0.25, -0.2) is 4.57 Å². The first-order valence-electron chi connectivity index (χ1n) is 35.0. The summed E-state index contributed by atoms with van der Waals surface area (Å²) < 4.78 is 34.7. The Balaban J connectivity index is 4.09. The molecule has 0 saturated carbocycles. The van der Waals surface area contributed by atoms with E-state index in [1.165, 1.54) is 180 Å². The van der Waals surface area contributed by atoms with E-state index in [0.29, 0.717) is 17.4 Å². The van der Waals surface area contributed by atoms with Gasteiger partial charge in [-0.1, -0.05) is 317 Å². The molecule has 0 rings (SSSR count). The van der Waals surface area contributed by atoms with Crippen molar-refractivity contribution in [2.75, 3.05) is 47.5 Å². The highest BCUT2D eigenvalue weighted by molar-refractivity contribution is 7.47. The molecule has 0 aromatic heterocycles. The molecule has 2 unspecified atom stereocenters. The molecule has 0 aliphatic heterocycles. The Labute approximate surface area is 519 Å². The maximum atomic E-state index is 12.9. The molecule has 0 radical (unpaired) electrons. The Morgan fingerprint density at radius 2 is 0.679 bits per heavy atom. The number of nitrogens with zero attached hydrogens (tertiary/aromatic N) is 1. The highest BCUT2D eigenvalue weighted by Crippen LogP contribution is 2.43. The number of quaternary nitrogens is 1. The number of allylic oxidation sites excluding steroid dienone is 16. The fourth-order valence-electron chi connectivity index (χ4n) is 9.80. The third-order valence-corrected chi connectivity index (χ3v) is 16.1. The van der Waals surface area contributed by atoms with Gasteiger partial charge in [-0.3, -0.25) is 18.6 Å². The third-order valence-electron chi connectivity index (χ3n) is 15.1. The summed E-state index contributed by atoms with van der Waals surface area (Å²) >= 11 is 0. The Bertz CT molecular complexity index is 1740. The van der Waals surface area contributed by atoms with Crippen LogP contribution in [-0.2, 0) is 32.7 Å². The number of carbonyl (C=O) groups is 2. The lowest BCUT2D eigenvalue weighted by atomic mass is 10.0. The van der Waals surface area contributed by atoms with Gasteiger partial charge >= 0.3 is 19.8 Å². The monoisotopic (exact) mass is 1190 g/mol. The first kappa shape index (κ1) is 80.9. The number of esters is 2. The number of rotatable bonds is 64. The first-order chi connectivity index (χ1) is 41.0. The molecule has 2 atom stereocenters. The van der Waals surface area contributed by atoms with Crippen molar-refractivity contribution in [2.45, 2.75) is 315 Å². The van der Waals surface area contributed by atoms with Gasteiger partial charge in [0.15, 0.2) is 6.10 Å². The average Bonchev–Trinajstić information content (AvgIpc) is 3.61. The minimum atomic E-state index is -4.40. The number of phosphoric acid groups is 1. The summed E-state index contributed by atoms with van der Waals surface area (Å²) in [5.41, 5.74) is 0. The van der Waals surface area contributed by atoms with Crippen LogP contribution in [0.4, 0.5) is 0 Å². The van der Waals surface area contributed by atoms with Crippen molar-refractivity contribution in [1.82, 2.24) is 0 Å². The zero-order valence-electron chi connectivity index (χ0n) is 55.4. The van der Waals surface area contributed by atoms with Crippen molar-refractivity contribution < 1.29 is 42.1 Å². The van der Waals surface area contributed by atoms with Crippen LogP contribution in [0.5, 0.6) is 0 Å². The summed E-state index contributed by atoms with van der Waals surface area (Å²) in [6, 6.07) is 0. The van der Waals surface area contributed by atoms with Crippen LogP contribution >= 0.6 is 7.82 Å². The van der Waals surface area contributed by atoms with Crippen LogP contribution in [0.25, 0.3) is 0 Å². The number of hydrogen-bond donors (Lipinski definition) is 1. The maximum absolute atomic E-state index is 12.9. The normalized spacial score (nSPS) is 13.7. The van der Waals surface area contributed by atoms with E-state index in [2.05, 4.69) is 111 Å². The number of likely N-dealkylation sites (N-methyl/N-ethyl adjacent to an activating group) is 1. The fourth-order valence-corrected chi connectivity index (χ4v) is 10.5. The molecule has 10 heteroatoms. The van der Waals surface area contributed by atoms with Crippen LogP contribution in [-0.4, -0.2) is 74.9 Å². The molecule has 9 nitrogen and oxygen atoms in total. The van der Waals surface area contributed by atoms with E-state index < -0.39 is 26.5 Å². The quantitative estimate of drug-likeness (QED) is 0.0211. The van der Waals surface area contributed by atoms with Crippen molar-refractivity contribution in [3.63, 3.8) is 0 Å². The van der Waals surface area contributed by atoms with Gasteiger partial charge in [0.1, 0.15) is 19.8 Å². The molecule has 0 saturated heterocycles. The van der Waals surface area contributed by atoms with Gasteiger partial charge in [0.05, 0.1) is 27.7 Å². The van der Waals surface area contributed by atoms with Crippen molar-refractivity contribution in [3.8, 4) is 0 Å².